The van der Waals surface area contributed by atoms with E-state index in [2.05, 4.69) is 5.32 Å². The topological polar surface area (TPSA) is 15.3 Å². The Morgan fingerprint density at radius 1 is 1.05 bits per heavy atom. The summed E-state index contributed by atoms with van der Waals surface area (Å²) < 4.78 is 78.4. The molecule has 1 N–H and O–H groups in total. The van der Waals surface area contributed by atoms with E-state index >= 15 is 0 Å². The standard InChI is InChI=1S/C13H14F6N2/c14-12(15,16)9-4-1-2-5-10(9)21-7-3-6-20-8-11(21)13(17,18)19/h1-2,4-5,11,20H,3,6-8H2. The van der Waals surface area contributed by atoms with Gasteiger partial charge in [-0.05, 0) is 25.1 Å². The van der Waals surface area contributed by atoms with E-state index in [4.69, 9.17) is 0 Å². The van der Waals surface area contributed by atoms with Crippen molar-refractivity contribution in [2.45, 2.75) is 24.8 Å². The van der Waals surface area contributed by atoms with Crippen molar-refractivity contribution in [3.63, 3.8) is 0 Å². The summed E-state index contributed by atoms with van der Waals surface area (Å²) >= 11 is 0. The van der Waals surface area contributed by atoms with E-state index < -0.39 is 36.2 Å². The summed E-state index contributed by atoms with van der Waals surface area (Å²) in [5.74, 6) is 0. The van der Waals surface area contributed by atoms with Gasteiger partial charge < -0.3 is 10.2 Å². The third-order valence-corrected chi connectivity index (χ3v) is 3.36. The zero-order valence-electron chi connectivity index (χ0n) is 10.9. The number of nitrogens with zero attached hydrogens (tertiary/aromatic N) is 1. The number of para-hydroxylation sites is 1. The van der Waals surface area contributed by atoms with Crippen molar-refractivity contribution in [3.05, 3.63) is 29.8 Å². The minimum Gasteiger partial charge on any atom is -0.358 e. The average Bonchev–Trinajstić information content (AvgIpc) is 2.62. The maximum absolute atomic E-state index is 13.1. The maximum Gasteiger partial charge on any atom is 0.418 e. The zero-order valence-corrected chi connectivity index (χ0v) is 10.9. The number of rotatable bonds is 1. The van der Waals surface area contributed by atoms with Crippen molar-refractivity contribution in [2.24, 2.45) is 0 Å². The number of nitrogens with one attached hydrogen (secondary N) is 1. The molecule has 0 radical (unpaired) electrons. The molecule has 0 aliphatic carbocycles. The predicted octanol–water partition coefficient (Wildman–Crippen LogP) is 3.44. The van der Waals surface area contributed by atoms with Crippen molar-refractivity contribution < 1.29 is 26.3 Å². The van der Waals surface area contributed by atoms with Gasteiger partial charge >= 0.3 is 12.4 Å². The van der Waals surface area contributed by atoms with E-state index in [1.54, 1.807) is 0 Å². The summed E-state index contributed by atoms with van der Waals surface area (Å²) in [6.45, 7) is -0.156. The molecule has 2 nitrogen and oxygen atoms in total. The first kappa shape index (κ1) is 15.9. The fourth-order valence-corrected chi connectivity index (χ4v) is 2.42. The van der Waals surface area contributed by atoms with Gasteiger partial charge in [-0.2, -0.15) is 26.3 Å². The smallest absolute Gasteiger partial charge is 0.358 e. The average molecular weight is 312 g/mol. The molecule has 1 aromatic carbocycles. The van der Waals surface area contributed by atoms with Crippen LogP contribution in [0.25, 0.3) is 0 Å². The molecular formula is C13H14F6N2. The minimum atomic E-state index is -4.69. The Labute approximate surface area is 117 Å². The highest BCUT2D eigenvalue weighted by Gasteiger charge is 2.46. The number of hydrogen-bond acceptors (Lipinski definition) is 2. The van der Waals surface area contributed by atoms with Gasteiger partial charge in [0.05, 0.1) is 5.56 Å². The van der Waals surface area contributed by atoms with E-state index in [0.29, 0.717) is 13.0 Å². The van der Waals surface area contributed by atoms with Gasteiger partial charge in [-0.25, -0.2) is 0 Å². The Hall–Kier alpha value is -1.44. The van der Waals surface area contributed by atoms with Crippen LogP contribution in [0.15, 0.2) is 24.3 Å². The molecular weight excluding hydrogens is 298 g/mol. The van der Waals surface area contributed by atoms with Crippen molar-refractivity contribution in [3.8, 4) is 0 Å². The van der Waals surface area contributed by atoms with Gasteiger partial charge in [0.2, 0.25) is 0 Å². The van der Waals surface area contributed by atoms with Crippen LogP contribution < -0.4 is 10.2 Å². The van der Waals surface area contributed by atoms with Crippen molar-refractivity contribution >= 4 is 5.69 Å². The lowest BCUT2D eigenvalue weighted by Gasteiger charge is -2.34. The quantitative estimate of drug-likeness (QED) is 0.799. The van der Waals surface area contributed by atoms with Crippen LogP contribution in [0.5, 0.6) is 0 Å². The minimum absolute atomic E-state index is 0.0791. The summed E-state index contributed by atoms with van der Waals surface area (Å²) in [5, 5.41) is 2.62. The molecule has 2 rings (SSSR count). The molecule has 0 aromatic heterocycles. The number of hydrogen-bond donors (Lipinski definition) is 1. The first-order valence-corrected chi connectivity index (χ1v) is 6.41. The Morgan fingerprint density at radius 2 is 1.71 bits per heavy atom. The Balaban J connectivity index is 2.46. The van der Waals surface area contributed by atoms with Crippen LogP contribution in [0.1, 0.15) is 12.0 Å². The van der Waals surface area contributed by atoms with Crippen molar-refractivity contribution in [1.82, 2.24) is 5.32 Å². The lowest BCUT2D eigenvalue weighted by molar-refractivity contribution is -0.149. The van der Waals surface area contributed by atoms with Crippen LogP contribution in [0.2, 0.25) is 0 Å². The largest absolute Gasteiger partial charge is 0.418 e. The molecule has 0 bridgehead atoms. The van der Waals surface area contributed by atoms with E-state index in [1.807, 2.05) is 0 Å². The van der Waals surface area contributed by atoms with E-state index in [0.717, 1.165) is 17.0 Å². The zero-order chi connectivity index (χ0) is 15.7. The second-order valence-electron chi connectivity index (χ2n) is 4.82. The maximum atomic E-state index is 13.1. The molecule has 0 saturated carbocycles. The van der Waals surface area contributed by atoms with Gasteiger partial charge in [-0.15, -0.1) is 0 Å². The Morgan fingerprint density at radius 3 is 2.33 bits per heavy atom. The molecule has 21 heavy (non-hydrogen) atoms. The molecule has 118 valence electrons. The first-order chi connectivity index (χ1) is 9.71. The summed E-state index contributed by atoms with van der Waals surface area (Å²) in [6.07, 6.45) is -8.94. The van der Waals surface area contributed by atoms with Gasteiger partial charge in [-0.1, -0.05) is 12.1 Å². The molecule has 1 aliphatic rings. The lowest BCUT2D eigenvalue weighted by atomic mass is 10.1. The number of halogens is 6. The van der Waals surface area contributed by atoms with Gasteiger partial charge in [0, 0.05) is 18.8 Å². The molecule has 1 aliphatic heterocycles. The monoisotopic (exact) mass is 312 g/mol. The van der Waals surface area contributed by atoms with Crippen LogP contribution in [-0.4, -0.2) is 31.9 Å². The highest BCUT2D eigenvalue weighted by atomic mass is 19.4. The molecule has 8 heteroatoms. The second-order valence-corrected chi connectivity index (χ2v) is 4.82. The molecule has 1 saturated heterocycles. The Bertz CT molecular complexity index is 482. The van der Waals surface area contributed by atoms with Gasteiger partial charge in [0.15, 0.2) is 0 Å². The molecule has 1 heterocycles. The second kappa shape index (κ2) is 5.75. The summed E-state index contributed by atoms with van der Waals surface area (Å²) in [6, 6.07) is 2.42. The molecule has 0 amide bonds. The van der Waals surface area contributed by atoms with Crippen LogP contribution in [0.3, 0.4) is 0 Å². The normalized spacial score (nSPS) is 21.2. The van der Waals surface area contributed by atoms with Crippen molar-refractivity contribution in [2.75, 3.05) is 24.5 Å². The molecule has 1 atom stereocenters. The van der Waals surface area contributed by atoms with Gasteiger partial charge in [0.25, 0.3) is 0 Å². The molecule has 0 spiro atoms. The Kier molecular flexibility index (Phi) is 4.36. The number of anilines is 1. The van der Waals surface area contributed by atoms with Crippen LogP contribution >= 0.6 is 0 Å². The fourth-order valence-electron chi connectivity index (χ4n) is 2.42. The highest BCUT2D eigenvalue weighted by molar-refractivity contribution is 5.56. The van der Waals surface area contributed by atoms with Crippen LogP contribution in [-0.2, 0) is 6.18 Å². The lowest BCUT2D eigenvalue weighted by Crippen LogP contribution is -2.50. The summed E-state index contributed by atoms with van der Waals surface area (Å²) in [4.78, 5) is 0.808. The van der Waals surface area contributed by atoms with Crippen LogP contribution in [0, 0.1) is 0 Å². The van der Waals surface area contributed by atoms with Gasteiger partial charge in [-0.3, -0.25) is 0 Å². The van der Waals surface area contributed by atoms with E-state index in [1.165, 1.54) is 12.1 Å². The SMILES string of the molecule is FC(F)(F)c1ccccc1N1CCCNCC1C(F)(F)F. The molecule has 1 aromatic rings. The van der Waals surface area contributed by atoms with Crippen LogP contribution in [0.4, 0.5) is 32.0 Å². The van der Waals surface area contributed by atoms with E-state index in [-0.39, 0.29) is 6.54 Å². The predicted molar refractivity (Wildman–Crippen MR) is 66.1 cm³/mol. The molecule has 1 unspecified atom stereocenters. The summed E-state index contributed by atoms with van der Waals surface area (Å²) in [7, 11) is 0. The van der Waals surface area contributed by atoms with Gasteiger partial charge in [0.1, 0.15) is 6.04 Å². The number of benzene rings is 1. The first-order valence-electron chi connectivity index (χ1n) is 6.41. The fraction of sp³-hybridized carbons (Fsp3) is 0.538. The number of alkyl halides is 6. The third kappa shape index (κ3) is 3.61. The highest BCUT2D eigenvalue weighted by Crippen LogP contribution is 2.39. The van der Waals surface area contributed by atoms with Crippen molar-refractivity contribution in [1.29, 1.82) is 0 Å². The summed E-state index contributed by atoms with van der Waals surface area (Å²) in [5.41, 5.74) is -1.46. The van der Waals surface area contributed by atoms with E-state index in [9.17, 15) is 26.3 Å². The third-order valence-electron chi connectivity index (χ3n) is 3.36. The molecule has 1 fully saturated rings.